The van der Waals surface area contributed by atoms with Gasteiger partial charge in [0.1, 0.15) is 0 Å². The number of fused-ring (bicyclic) bond motifs is 6. The van der Waals surface area contributed by atoms with E-state index in [-0.39, 0.29) is 0 Å². The average molecular weight is 440 g/mol. The molecule has 4 aromatic carbocycles. The fourth-order valence-corrected chi connectivity index (χ4v) is 3.35. The van der Waals surface area contributed by atoms with Crippen LogP contribution >= 0.6 is 0 Å². The van der Waals surface area contributed by atoms with Crippen LogP contribution in [0.15, 0.2) is 0 Å². The summed E-state index contributed by atoms with van der Waals surface area (Å²) in [4.78, 5) is 0. The number of phenols is 2. The van der Waals surface area contributed by atoms with Crippen molar-refractivity contribution >= 4 is 32.3 Å². The molecule has 4 rings (SSSR count). The Labute approximate surface area is 157 Å². The molecule has 0 atom stereocenters. The minimum absolute atomic E-state index is 1.59. The van der Waals surface area contributed by atoms with E-state index in [1.54, 1.807) is 0 Å². The lowest BCUT2D eigenvalue weighted by Crippen LogP contribution is -2.05. The van der Waals surface area contributed by atoms with Gasteiger partial charge in [-0.3, -0.25) is 0 Å². The molecule has 0 saturated carbocycles. The lowest BCUT2D eigenvalue weighted by molar-refractivity contribution is 0.391. The second-order valence-corrected chi connectivity index (χ2v) is 6.09. The van der Waals surface area contributed by atoms with E-state index in [9.17, 15) is 54.1 Å². The van der Waals surface area contributed by atoms with Crippen LogP contribution in [0, 0.1) is 58.2 Å². The van der Waals surface area contributed by atoms with Crippen molar-refractivity contribution < 1.29 is 54.1 Å². The molecular weight excluding hydrogens is 438 g/mol. The molecule has 2 nitrogen and oxygen atoms in total. The van der Waals surface area contributed by atoms with Gasteiger partial charge in [0.05, 0.1) is 0 Å². The molecule has 0 aliphatic carbocycles. The van der Waals surface area contributed by atoms with Crippen LogP contribution in [0.4, 0.5) is 43.9 Å². The van der Waals surface area contributed by atoms with Crippen LogP contribution in [-0.4, -0.2) is 10.2 Å². The fourth-order valence-electron chi connectivity index (χ4n) is 3.35. The summed E-state index contributed by atoms with van der Waals surface area (Å²) >= 11 is 0. The zero-order chi connectivity index (χ0) is 22.4. The van der Waals surface area contributed by atoms with Crippen LogP contribution in [0.25, 0.3) is 32.3 Å². The first kappa shape index (κ1) is 19.9. The maximum atomic E-state index is 14.5. The Balaban J connectivity index is 2.66. The van der Waals surface area contributed by atoms with E-state index in [0.717, 1.165) is 0 Å². The first-order chi connectivity index (χ1) is 13.9. The number of benzene rings is 4. The molecule has 0 amide bonds. The molecule has 0 heterocycles. The zero-order valence-corrected chi connectivity index (χ0v) is 13.7. The number of rotatable bonds is 0. The number of halogens is 10. The van der Waals surface area contributed by atoms with Gasteiger partial charge in [-0.2, -0.15) is 8.78 Å². The summed E-state index contributed by atoms with van der Waals surface area (Å²) in [5.41, 5.74) is 0. The monoisotopic (exact) mass is 440 g/mol. The largest absolute Gasteiger partial charge is 0.504 e. The first-order valence-electron chi connectivity index (χ1n) is 7.59. The van der Waals surface area contributed by atoms with Crippen molar-refractivity contribution in [1.82, 2.24) is 0 Å². The summed E-state index contributed by atoms with van der Waals surface area (Å²) in [5, 5.41) is 9.71. The van der Waals surface area contributed by atoms with Crippen molar-refractivity contribution in [2.45, 2.75) is 0 Å². The third kappa shape index (κ3) is 2.10. The third-order valence-corrected chi connectivity index (χ3v) is 4.62. The number of hydrogen-bond acceptors (Lipinski definition) is 2. The van der Waals surface area contributed by atoms with Crippen LogP contribution < -0.4 is 0 Å². The van der Waals surface area contributed by atoms with E-state index < -0.39 is 102 Å². The first-order valence-corrected chi connectivity index (χ1v) is 7.59. The van der Waals surface area contributed by atoms with Gasteiger partial charge in [-0.1, -0.05) is 0 Å². The highest BCUT2D eigenvalue weighted by atomic mass is 19.2. The molecule has 4 aromatic rings. The van der Waals surface area contributed by atoms with Gasteiger partial charge < -0.3 is 10.2 Å². The van der Waals surface area contributed by atoms with Crippen LogP contribution in [0.1, 0.15) is 0 Å². The molecule has 0 unspecified atom stereocenters. The van der Waals surface area contributed by atoms with Gasteiger partial charge >= 0.3 is 0 Å². The summed E-state index contributed by atoms with van der Waals surface area (Å²) < 4.78 is 141. The standard InChI is InChI=1S/C18H2F10O2/c19-7-1-2(8(20)12(24)11(7)23)5-4(10(22)14(26)16(28)17(5)29)6-3(1)9(21)13(25)15(27)18(6)30/h29-30H. The Morgan fingerprint density at radius 1 is 0.267 bits per heavy atom. The zero-order valence-electron chi connectivity index (χ0n) is 13.7. The van der Waals surface area contributed by atoms with E-state index in [0.29, 0.717) is 0 Å². The van der Waals surface area contributed by atoms with Gasteiger partial charge in [-0.05, 0) is 0 Å². The Bertz CT molecular complexity index is 1150. The van der Waals surface area contributed by atoms with Crippen molar-refractivity contribution in [3.8, 4) is 11.5 Å². The molecular formula is C18H2F10O2. The molecule has 0 radical (unpaired) electrons. The number of phenolic OH excluding ortho intramolecular Hbond substituents is 2. The Morgan fingerprint density at radius 3 is 0.767 bits per heavy atom. The maximum absolute atomic E-state index is 14.5. The summed E-state index contributed by atoms with van der Waals surface area (Å²) in [6.07, 6.45) is 0. The van der Waals surface area contributed by atoms with Crippen LogP contribution in [0.2, 0.25) is 0 Å². The normalized spacial score (nSPS) is 11.9. The van der Waals surface area contributed by atoms with Gasteiger partial charge in [0.15, 0.2) is 58.0 Å². The van der Waals surface area contributed by atoms with Gasteiger partial charge in [0.25, 0.3) is 0 Å². The van der Waals surface area contributed by atoms with E-state index in [2.05, 4.69) is 0 Å². The Kier molecular flexibility index (Phi) is 3.99. The smallest absolute Gasteiger partial charge is 0.204 e. The average Bonchev–Trinajstić information content (AvgIpc) is 2.73. The van der Waals surface area contributed by atoms with Crippen molar-refractivity contribution in [2.24, 2.45) is 0 Å². The highest BCUT2D eigenvalue weighted by molar-refractivity contribution is 6.28. The quantitative estimate of drug-likeness (QED) is 0.154. The molecule has 0 bridgehead atoms. The molecule has 0 aromatic heterocycles. The third-order valence-electron chi connectivity index (χ3n) is 4.62. The highest BCUT2D eigenvalue weighted by Crippen LogP contribution is 2.49. The summed E-state index contributed by atoms with van der Waals surface area (Å²) in [5.74, 6) is -28.5. The van der Waals surface area contributed by atoms with Crippen molar-refractivity contribution in [2.75, 3.05) is 0 Å². The minimum atomic E-state index is -2.58. The van der Waals surface area contributed by atoms with Crippen molar-refractivity contribution in [1.29, 1.82) is 0 Å². The molecule has 0 spiro atoms. The topological polar surface area (TPSA) is 40.5 Å². The lowest BCUT2D eigenvalue weighted by atomic mass is 9.91. The SMILES string of the molecule is Oc1c(F)c(F)c(F)c2c1c1c(F)c(F)c(F)c(O)c1c1c(F)c(F)c(F)c(F)c21. The Hall–Kier alpha value is -3.44. The molecule has 30 heavy (non-hydrogen) atoms. The summed E-state index contributed by atoms with van der Waals surface area (Å²) in [6, 6.07) is 0. The predicted octanol–water partition coefficient (Wildman–Crippen LogP) is 5.95. The Morgan fingerprint density at radius 2 is 0.467 bits per heavy atom. The summed E-state index contributed by atoms with van der Waals surface area (Å²) in [7, 11) is 0. The van der Waals surface area contributed by atoms with Gasteiger partial charge in [0, 0.05) is 32.3 Å². The van der Waals surface area contributed by atoms with E-state index in [1.807, 2.05) is 0 Å². The van der Waals surface area contributed by atoms with Gasteiger partial charge in [0.2, 0.25) is 11.6 Å². The highest BCUT2D eigenvalue weighted by Gasteiger charge is 2.34. The van der Waals surface area contributed by atoms with Crippen LogP contribution in [-0.2, 0) is 0 Å². The molecule has 2 N–H and O–H groups in total. The predicted molar refractivity (Wildman–Crippen MR) is 81.9 cm³/mol. The second-order valence-electron chi connectivity index (χ2n) is 6.09. The summed E-state index contributed by atoms with van der Waals surface area (Å²) in [6.45, 7) is 0. The minimum Gasteiger partial charge on any atom is -0.504 e. The molecule has 0 aliphatic heterocycles. The second kappa shape index (κ2) is 6.03. The van der Waals surface area contributed by atoms with Crippen molar-refractivity contribution in [3.05, 3.63) is 58.2 Å². The molecule has 0 aliphatic rings. The van der Waals surface area contributed by atoms with Gasteiger partial charge in [-0.15, -0.1) is 0 Å². The maximum Gasteiger partial charge on any atom is 0.204 e. The molecule has 12 heteroatoms. The van der Waals surface area contributed by atoms with E-state index >= 15 is 0 Å². The van der Waals surface area contributed by atoms with E-state index in [4.69, 9.17) is 0 Å². The van der Waals surface area contributed by atoms with Crippen LogP contribution in [0.5, 0.6) is 11.5 Å². The lowest BCUT2D eigenvalue weighted by Gasteiger charge is -2.17. The number of hydrogen-bond donors (Lipinski definition) is 2. The number of aromatic hydroxyl groups is 2. The molecule has 156 valence electrons. The van der Waals surface area contributed by atoms with Crippen LogP contribution in [0.3, 0.4) is 0 Å². The van der Waals surface area contributed by atoms with Gasteiger partial charge in [-0.25, -0.2) is 35.1 Å². The molecule has 0 fully saturated rings. The molecule has 0 saturated heterocycles. The van der Waals surface area contributed by atoms with E-state index in [1.165, 1.54) is 0 Å². The van der Waals surface area contributed by atoms with Crippen molar-refractivity contribution in [3.63, 3.8) is 0 Å². The fraction of sp³-hybridized carbons (Fsp3) is 0.